The first-order valence-corrected chi connectivity index (χ1v) is 7.85. The molecule has 0 radical (unpaired) electrons. The normalized spacial score (nSPS) is 17.2. The molecular weight excluding hydrogens is 311 g/mol. The average Bonchev–Trinajstić information content (AvgIpc) is 2.97. The number of carbonyl (C=O) groups is 1. The van der Waals surface area contributed by atoms with Gasteiger partial charge in [0.1, 0.15) is 24.0 Å². The Balaban J connectivity index is 1.80. The number of halogens is 1. The van der Waals surface area contributed by atoms with Crippen molar-refractivity contribution < 1.29 is 13.9 Å². The van der Waals surface area contributed by atoms with Crippen LogP contribution in [0.2, 0.25) is 0 Å². The van der Waals surface area contributed by atoms with E-state index in [0.29, 0.717) is 37.0 Å². The first-order chi connectivity index (χ1) is 11.6. The fourth-order valence-corrected chi connectivity index (χ4v) is 2.84. The number of ether oxygens (including phenoxy) is 1. The number of benzene rings is 1. The lowest BCUT2D eigenvalue weighted by Gasteiger charge is -2.25. The highest BCUT2D eigenvalue weighted by Gasteiger charge is 2.36. The van der Waals surface area contributed by atoms with Crippen molar-refractivity contribution >= 4 is 17.4 Å². The molecule has 1 fully saturated rings. The van der Waals surface area contributed by atoms with Gasteiger partial charge >= 0.3 is 0 Å². The predicted octanol–water partition coefficient (Wildman–Crippen LogP) is 2.26. The molecule has 7 heteroatoms. The SMILES string of the molecule is CCOc1cc(N(C)C2CCN(c3ccccc3F)C2=O)ncn1. The van der Waals surface area contributed by atoms with E-state index < -0.39 is 11.9 Å². The van der Waals surface area contributed by atoms with Crippen LogP contribution in [-0.2, 0) is 4.79 Å². The van der Waals surface area contributed by atoms with Gasteiger partial charge in [-0.3, -0.25) is 4.79 Å². The number of hydrogen-bond acceptors (Lipinski definition) is 5. The Kier molecular flexibility index (Phi) is 4.59. The smallest absolute Gasteiger partial charge is 0.249 e. The van der Waals surface area contributed by atoms with Crippen LogP contribution in [0.5, 0.6) is 5.88 Å². The fraction of sp³-hybridized carbons (Fsp3) is 0.353. The summed E-state index contributed by atoms with van der Waals surface area (Å²) >= 11 is 0. The topological polar surface area (TPSA) is 58.6 Å². The summed E-state index contributed by atoms with van der Waals surface area (Å²) in [6, 6.07) is 7.61. The summed E-state index contributed by atoms with van der Waals surface area (Å²) in [6.45, 7) is 2.85. The molecule has 0 aliphatic carbocycles. The zero-order valence-corrected chi connectivity index (χ0v) is 13.6. The quantitative estimate of drug-likeness (QED) is 0.842. The van der Waals surface area contributed by atoms with Crippen LogP contribution in [-0.4, -0.2) is 42.1 Å². The van der Waals surface area contributed by atoms with Crippen molar-refractivity contribution in [3.05, 3.63) is 42.5 Å². The Morgan fingerprint density at radius 2 is 2.17 bits per heavy atom. The second-order valence-corrected chi connectivity index (χ2v) is 5.50. The highest BCUT2D eigenvalue weighted by atomic mass is 19.1. The second kappa shape index (κ2) is 6.82. The minimum atomic E-state index is -0.394. The van der Waals surface area contributed by atoms with Crippen molar-refractivity contribution in [1.82, 2.24) is 9.97 Å². The van der Waals surface area contributed by atoms with E-state index in [9.17, 15) is 9.18 Å². The number of rotatable bonds is 5. The largest absolute Gasteiger partial charge is 0.478 e. The van der Waals surface area contributed by atoms with Gasteiger partial charge < -0.3 is 14.5 Å². The highest BCUT2D eigenvalue weighted by molar-refractivity contribution is 6.01. The van der Waals surface area contributed by atoms with E-state index in [-0.39, 0.29) is 5.91 Å². The van der Waals surface area contributed by atoms with Crippen LogP contribution >= 0.6 is 0 Å². The number of likely N-dealkylation sites (N-methyl/N-ethyl adjacent to an activating group) is 1. The lowest BCUT2D eigenvalue weighted by Crippen LogP contribution is -2.40. The first-order valence-electron chi connectivity index (χ1n) is 7.85. The zero-order chi connectivity index (χ0) is 17.1. The Bertz CT molecular complexity index is 740. The lowest BCUT2D eigenvalue weighted by atomic mass is 10.2. The van der Waals surface area contributed by atoms with E-state index in [1.807, 2.05) is 6.92 Å². The molecule has 0 saturated carbocycles. The first kappa shape index (κ1) is 16.2. The van der Waals surface area contributed by atoms with Gasteiger partial charge in [-0.05, 0) is 25.5 Å². The maximum atomic E-state index is 14.0. The number of para-hydroxylation sites is 1. The van der Waals surface area contributed by atoms with Crippen LogP contribution < -0.4 is 14.5 Å². The molecule has 1 aliphatic heterocycles. The summed E-state index contributed by atoms with van der Waals surface area (Å²) in [6.07, 6.45) is 2.00. The van der Waals surface area contributed by atoms with Gasteiger partial charge in [0.25, 0.3) is 0 Å². The molecule has 1 amide bonds. The third kappa shape index (κ3) is 3.02. The number of nitrogens with zero attached hydrogens (tertiary/aromatic N) is 4. The molecule has 1 saturated heterocycles. The van der Waals surface area contributed by atoms with Crippen LogP contribution in [0.25, 0.3) is 0 Å². The third-order valence-electron chi connectivity index (χ3n) is 4.07. The van der Waals surface area contributed by atoms with E-state index in [1.165, 1.54) is 17.3 Å². The summed E-state index contributed by atoms with van der Waals surface area (Å²) in [5.41, 5.74) is 0.316. The molecule has 0 N–H and O–H groups in total. The fourth-order valence-electron chi connectivity index (χ4n) is 2.84. The third-order valence-corrected chi connectivity index (χ3v) is 4.07. The molecule has 126 valence electrons. The van der Waals surface area contributed by atoms with Crippen LogP contribution in [0.3, 0.4) is 0 Å². The lowest BCUT2D eigenvalue weighted by molar-refractivity contribution is -0.118. The van der Waals surface area contributed by atoms with Gasteiger partial charge in [0.15, 0.2) is 0 Å². The molecule has 3 rings (SSSR count). The van der Waals surface area contributed by atoms with Crippen molar-refractivity contribution in [2.45, 2.75) is 19.4 Å². The molecule has 1 atom stereocenters. The van der Waals surface area contributed by atoms with E-state index in [2.05, 4.69) is 9.97 Å². The number of amides is 1. The molecule has 24 heavy (non-hydrogen) atoms. The minimum Gasteiger partial charge on any atom is -0.478 e. The molecule has 0 spiro atoms. The van der Waals surface area contributed by atoms with Crippen molar-refractivity contribution in [3.63, 3.8) is 0 Å². The molecule has 2 heterocycles. The summed E-state index contributed by atoms with van der Waals surface area (Å²) in [7, 11) is 1.80. The van der Waals surface area contributed by atoms with E-state index >= 15 is 0 Å². The van der Waals surface area contributed by atoms with Gasteiger partial charge in [-0.15, -0.1) is 0 Å². The summed E-state index contributed by atoms with van der Waals surface area (Å²) in [4.78, 5) is 24.2. The second-order valence-electron chi connectivity index (χ2n) is 5.50. The van der Waals surface area contributed by atoms with Crippen LogP contribution in [0, 0.1) is 5.82 Å². The molecule has 1 aliphatic rings. The van der Waals surface area contributed by atoms with Crippen molar-refractivity contribution in [2.75, 3.05) is 30.0 Å². The Morgan fingerprint density at radius 1 is 1.38 bits per heavy atom. The number of carbonyl (C=O) groups excluding carboxylic acids is 1. The molecule has 1 aromatic carbocycles. The molecule has 2 aromatic rings. The summed E-state index contributed by atoms with van der Waals surface area (Å²) in [5, 5.41) is 0. The van der Waals surface area contributed by atoms with Crippen LogP contribution in [0.4, 0.5) is 15.9 Å². The average molecular weight is 330 g/mol. The maximum absolute atomic E-state index is 14.0. The molecule has 1 aromatic heterocycles. The van der Waals surface area contributed by atoms with E-state index in [4.69, 9.17) is 4.74 Å². The highest BCUT2D eigenvalue weighted by Crippen LogP contribution is 2.28. The minimum absolute atomic E-state index is 0.140. The summed E-state index contributed by atoms with van der Waals surface area (Å²) < 4.78 is 19.3. The van der Waals surface area contributed by atoms with Gasteiger partial charge in [-0.25, -0.2) is 14.4 Å². The molecule has 6 nitrogen and oxygen atoms in total. The Labute approximate surface area is 139 Å². The molecule has 0 bridgehead atoms. The van der Waals surface area contributed by atoms with E-state index in [1.54, 1.807) is 36.2 Å². The van der Waals surface area contributed by atoms with Crippen molar-refractivity contribution in [2.24, 2.45) is 0 Å². The number of aromatic nitrogens is 2. The van der Waals surface area contributed by atoms with Crippen molar-refractivity contribution in [3.8, 4) is 5.88 Å². The van der Waals surface area contributed by atoms with Gasteiger partial charge in [-0.1, -0.05) is 12.1 Å². The predicted molar refractivity (Wildman–Crippen MR) is 88.8 cm³/mol. The van der Waals surface area contributed by atoms with Gasteiger partial charge in [-0.2, -0.15) is 0 Å². The Hall–Kier alpha value is -2.70. The zero-order valence-electron chi connectivity index (χ0n) is 13.6. The number of anilines is 2. The van der Waals surface area contributed by atoms with Crippen molar-refractivity contribution in [1.29, 1.82) is 0 Å². The van der Waals surface area contributed by atoms with E-state index in [0.717, 1.165) is 0 Å². The number of hydrogen-bond donors (Lipinski definition) is 0. The summed E-state index contributed by atoms with van der Waals surface area (Å²) in [5.74, 6) is 0.530. The van der Waals surface area contributed by atoms with Gasteiger partial charge in [0.05, 0.1) is 12.3 Å². The standard InChI is InChI=1S/C17H19FN4O2/c1-3-24-16-10-15(19-11-20-16)21(2)14-8-9-22(17(14)23)13-7-5-4-6-12(13)18/h4-7,10-11,14H,3,8-9H2,1-2H3. The van der Waals surface area contributed by atoms with Gasteiger partial charge in [0.2, 0.25) is 11.8 Å². The monoisotopic (exact) mass is 330 g/mol. The molecular formula is C17H19FN4O2. The van der Waals surface area contributed by atoms with Crippen LogP contribution in [0.15, 0.2) is 36.7 Å². The van der Waals surface area contributed by atoms with Gasteiger partial charge in [0, 0.05) is 19.7 Å². The van der Waals surface area contributed by atoms with Crippen LogP contribution in [0.1, 0.15) is 13.3 Å². The maximum Gasteiger partial charge on any atom is 0.249 e. The molecule has 1 unspecified atom stereocenters. The Morgan fingerprint density at radius 3 is 2.92 bits per heavy atom.